The summed E-state index contributed by atoms with van der Waals surface area (Å²) in [6, 6.07) is 14.2. The lowest BCUT2D eigenvalue weighted by Crippen LogP contribution is -2.14. The van der Waals surface area contributed by atoms with Crippen LogP contribution in [0.15, 0.2) is 59.0 Å². The molecule has 0 bridgehead atoms. The van der Waals surface area contributed by atoms with Crippen LogP contribution in [0.1, 0.15) is 15.9 Å². The molecule has 1 heterocycles. The highest BCUT2D eigenvalue weighted by molar-refractivity contribution is 6.38. The van der Waals surface area contributed by atoms with E-state index in [-0.39, 0.29) is 11.3 Å². The predicted octanol–water partition coefficient (Wildman–Crippen LogP) is 6.27. The molecule has 9 heteroatoms. The molecule has 1 N–H and O–H groups in total. The van der Waals surface area contributed by atoms with Crippen molar-refractivity contribution in [2.24, 2.45) is 0 Å². The zero-order valence-corrected chi connectivity index (χ0v) is 17.0. The molecule has 0 aliphatic carbocycles. The Morgan fingerprint density at radius 3 is 2.67 bits per heavy atom. The van der Waals surface area contributed by atoms with Gasteiger partial charge in [-0.2, -0.15) is 0 Å². The molecule has 150 valence electrons. The van der Waals surface area contributed by atoms with Gasteiger partial charge in [0, 0.05) is 22.3 Å². The molecular weight excluding hydrogens is 429 g/mol. The highest BCUT2D eigenvalue weighted by Crippen LogP contribution is 2.33. The van der Waals surface area contributed by atoms with Gasteiger partial charge in [0.05, 0.1) is 9.95 Å². The van der Waals surface area contributed by atoms with E-state index in [1.165, 1.54) is 18.2 Å². The third-order valence-corrected chi connectivity index (χ3v) is 4.99. The van der Waals surface area contributed by atoms with E-state index in [1.54, 1.807) is 36.4 Å². The summed E-state index contributed by atoms with van der Waals surface area (Å²) in [6.45, 7) is 1.81. The Hall–Kier alpha value is -3.42. The standard InChI is InChI=1S/C21H13Cl2N3O4/c1-11-6-7-12(21-25-17-10-13(22)9-15(23)19(17)30-21)8-16(11)24-20(27)14-4-2-3-5-18(14)26(28)29/h2-10H,1H3,(H,24,27). The average molecular weight is 442 g/mol. The number of hydrogen-bond donors (Lipinski definition) is 1. The number of para-hydroxylation sites is 1. The van der Waals surface area contributed by atoms with Crippen LogP contribution in [0.3, 0.4) is 0 Å². The van der Waals surface area contributed by atoms with E-state index >= 15 is 0 Å². The summed E-state index contributed by atoms with van der Waals surface area (Å²) >= 11 is 12.2. The number of hydrogen-bond acceptors (Lipinski definition) is 5. The number of fused-ring (bicyclic) bond motifs is 1. The fourth-order valence-corrected chi connectivity index (χ4v) is 3.51. The van der Waals surface area contributed by atoms with Crippen LogP contribution in [-0.2, 0) is 0 Å². The van der Waals surface area contributed by atoms with Gasteiger partial charge >= 0.3 is 0 Å². The van der Waals surface area contributed by atoms with Crippen LogP contribution in [0.25, 0.3) is 22.6 Å². The number of nitro benzene ring substituents is 1. The van der Waals surface area contributed by atoms with Crippen LogP contribution in [0.2, 0.25) is 10.0 Å². The topological polar surface area (TPSA) is 98.3 Å². The first-order valence-corrected chi connectivity index (χ1v) is 9.50. The first-order chi connectivity index (χ1) is 14.3. The van der Waals surface area contributed by atoms with E-state index in [1.807, 2.05) is 6.92 Å². The van der Waals surface area contributed by atoms with Gasteiger partial charge in [0.15, 0.2) is 5.58 Å². The van der Waals surface area contributed by atoms with E-state index in [9.17, 15) is 14.9 Å². The molecule has 0 unspecified atom stereocenters. The molecule has 0 aliphatic rings. The molecule has 0 saturated carbocycles. The fraction of sp³-hybridized carbons (Fsp3) is 0.0476. The van der Waals surface area contributed by atoms with Gasteiger partial charge in [-0.05, 0) is 42.8 Å². The smallest absolute Gasteiger partial charge is 0.282 e. The van der Waals surface area contributed by atoms with Crippen molar-refractivity contribution in [3.05, 3.63) is 85.9 Å². The zero-order chi connectivity index (χ0) is 21.4. The largest absolute Gasteiger partial charge is 0.435 e. The Morgan fingerprint density at radius 1 is 1.13 bits per heavy atom. The number of rotatable bonds is 4. The zero-order valence-electron chi connectivity index (χ0n) is 15.5. The Kier molecular flexibility index (Phi) is 5.15. The van der Waals surface area contributed by atoms with E-state index in [0.717, 1.165) is 5.56 Å². The summed E-state index contributed by atoms with van der Waals surface area (Å²) in [6.07, 6.45) is 0. The highest BCUT2D eigenvalue weighted by Gasteiger charge is 2.20. The summed E-state index contributed by atoms with van der Waals surface area (Å²) in [5, 5.41) is 14.7. The van der Waals surface area contributed by atoms with Gasteiger partial charge in [0.1, 0.15) is 11.1 Å². The number of nitrogens with one attached hydrogen (secondary N) is 1. The average Bonchev–Trinajstić information content (AvgIpc) is 3.14. The number of amides is 1. The number of halogens is 2. The molecule has 0 fully saturated rings. The van der Waals surface area contributed by atoms with Gasteiger partial charge in [-0.15, -0.1) is 0 Å². The number of carbonyl (C=O) groups is 1. The Balaban J connectivity index is 1.70. The molecule has 0 radical (unpaired) electrons. The van der Waals surface area contributed by atoms with E-state index in [2.05, 4.69) is 10.3 Å². The first kappa shape index (κ1) is 19.9. The molecule has 1 aromatic heterocycles. The number of nitro groups is 1. The minimum Gasteiger partial charge on any atom is -0.435 e. The summed E-state index contributed by atoms with van der Waals surface area (Å²) < 4.78 is 5.77. The summed E-state index contributed by atoms with van der Waals surface area (Å²) in [4.78, 5) is 27.7. The van der Waals surface area contributed by atoms with Crippen LogP contribution in [0, 0.1) is 17.0 Å². The van der Waals surface area contributed by atoms with Crippen LogP contribution >= 0.6 is 23.2 Å². The van der Waals surface area contributed by atoms with Crippen molar-refractivity contribution >= 4 is 51.6 Å². The van der Waals surface area contributed by atoms with Crippen molar-refractivity contribution in [3.8, 4) is 11.5 Å². The number of aromatic nitrogens is 1. The van der Waals surface area contributed by atoms with Crippen LogP contribution in [-0.4, -0.2) is 15.8 Å². The van der Waals surface area contributed by atoms with E-state index in [4.69, 9.17) is 27.6 Å². The molecule has 0 aliphatic heterocycles. The predicted molar refractivity (Wildman–Crippen MR) is 115 cm³/mol. The van der Waals surface area contributed by atoms with Crippen molar-refractivity contribution in [3.63, 3.8) is 0 Å². The van der Waals surface area contributed by atoms with Gasteiger partial charge in [-0.25, -0.2) is 4.98 Å². The lowest BCUT2D eigenvalue weighted by Gasteiger charge is -2.10. The number of nitrogens with zero attached hydrogens (tertiary/aromatic N) is 2. The number of anilines is 1. The molecule has 3 aromatic carbocycles. The maximum Gasteiger partial charge on any atom is 0.282 e. The molecule has 1 amide bonds. The van der Waals surface area contributed by atoms with E-state index < -0.39 is 10.8 Å². The molecule has 4 rings (SSSR count). The fourth-order valence-electron chi connectivity index (χ4n) is 2.99. The molecule has 30 heavy (non-hydrogen) atoms. The van der Waals surface area contributed by atoms with Crippen molar-refractivity contribution in [1.29, 1.82) is 0 Å². The van der Waals surface area contributed by atoms with Crippen molar-refractivity contribution in [1.82, 2.24) is 4.98 Å². The van der Waals surface area contributed by atoms with Crippen LogP contribution < -0.4 is 5.32 Å². The van der Waals surface area contributed by atoms with Gasteiger partial charge in [0.25, 0.3) is 11.6 Å². The number of aryl methyl sites for hydroxylation is 1. The normalized spacial score (nSPS) is 10.9. The van der Waals surface area contributed by atoms with Gasteiger partial charge in [-0.1, -0.05) is 41.4 Å². The van der Waals surface area contributed by atoms with E-state index in [0.29, 0.717) is 38.3 Å². The second-order valence-electron chi connectivity index (χ2n) is 6.51. The number of benzene rings is 3. The third kappa shape index (κ3) is 3.72. The highest BCUT2D eigenvalue weighted by atomic mass is 35.5. The molecular formula is C21H13Cl2N3O4. The monoisotopic (exact) mass is 441 g/mol. The lowest BCUT2D eigenvalue weighted by molar-refractivity contribution is -0.385. The molecule has 7 nitrogen and oxygen atoms in total. The number of carbonyl (C=O) groups excluding carboxylic acids is 1. The quantitative estimate of drug-likeness (QED) is 0.297. The summed E-state index contributed by atoms with van der Waals surface area (Å²) in [5.41, 5.74) is 2.45. The summed E-state index contributed by atoms with van der Waals surface area (Å²) in [7, 11) is 0. The van der Waals surface area contributed by atoms with Crippen LogP contribution in [0.4, 0.5) is 11.4 Å². The van der Waals surface area contributed by atoms with Gasteiger partial charge in [-0.3, -0.25) is 14.9 Å². The van der Waals surface area contributed by atoms with Gasteiger partial charge < -0.3 is 9.73 Å². The van der Waals surface area contributed by atoms with Crippen LogP contribution in [0.5, 0.6) is 0 Å². The number of oxazole rings is 1. The maximum absolute atomic E-state index is 12.7. The Bertz CT molecular complexity index is 1320. The third-order valence-electron chi connectivity index (χ3n) is 4.49. The van der Waals surface area contributed by atoms with Gasteiger partial charge in [0.2, 0.25) is 5.89 Å². The Morgan fingerprint density at radius 2 is 1.90 bits per heavy atom. The lowest BCUT2D eigenvalue weighted by atomic mass is 10.1. The maximum atomic E-state index is 12.7. The minimum absolute atomic E-state index is 0.0319. The van der Waals surface area contributed by atoms with Crippen molar-refractivity contribution in [2.45, 2.75) is 6.92 Å². The molecule has 0 saturated heterocycles. The Labute approximate surface area is 180 Å². The minimum atomic E-state index is -0.592. The molecule has 0 atom stereocenters. The first-order valence-electron chi connectivity index (χ1n) is 8.75. The van der Waals surface area contributed by atoms with Crippen molar-refractivity contribution < 1.29 is 14.1 Å². The second-order valence-corrected chi connectivity index (χ2v) is 7.36. The molecule has 4 aromatic rings. The molecule has 0 spiro atoms. The second kappa shape index (κ2) is 7.78. The SMILES string of the molecule is Cc1ccc(-c2nc3cc(Cl)cc(Cl)c3o2)cc1NC(=O)c1ccccc1[N+](=O)[O-]. The van der Waals surface area contributed by atoms with Crippen molar-refractivity contribution in [2.75, 3.05) is 5.32 Å². The summed E-state index contributed by atoms with van der Waals surface area (Å²) in [5.74, 6) is -0.287.